The SMILES string of the molecule is CCNC(=O)Nc1nc2c(F)c(-c3csc(C(=O)O)c3)cc(-c3ccccn3)c2s1. The molecule has 0 saturated carbocycles. The van der Waals surface area contributed by atoms with Crippen molar-refractivity contribution in [2.24, 2.45) is 0 Å². The summed E-state index contributed by atoms with van der Waals surface area (Å²) in [5.41, 5.74) is 2.02. The van der Waals surface area contributed by atoms with Crippen molar-refractivity contribution in [2.45, 2.75) is 6.92 Å². The number of benzene rings is 1. The lowest BCUT2D eigenvalue weighted by Gasteiger charge is -2.07. The van der Waals surface area contributed by atoms with Gasteiger partial charge in [-0.1, -0.05) is 17.4 Å². The fourth-order valence-electron chi connectivity index (χ4n) is 2.92. The standard InChI is InChI=1S/C20H15FN4O3S2/c1-2-22-19(28)25-20-24-16-15(21)11(10-7-14(18(26)27)29-9-10)8-12(17(16)30-20)13-5-3-4-6-23-13/h3-9H,2H2,1H3,(H,26,27)(H2,22,24,25,28). The second-order valence-corrected chi connectivity index (χ2v) is 8.10. The Morgan fingerprint density at radius 3 is 2.73 bits per heavy atom. The highest BCUT2D eigenvalue weighted by atomic mass is 32.1. The first kappa shape index (κ1) is 19.9. The maximum absolute atomic E-state index is 15.4. The molecule has 4 rings (SSSR count). The number of hydrogen-bond donors (Lipinski definition) is 3. The predicted molar refractivity (Wildman–Crippen MR) is 116 cm³/mol. The molecule has 0 radical (unpaired) electrons. The van der Waals surface area contributed by atoms with Crippen LogP contribution in [0.3, 0.4) is 0 Å². The summed E-state index contributed by atoms with van der Waals surface area (Å²) in [6, 6.07) is 8.03. The number of aromatic carboxylic acids is 1. The summed E-state index contributed by atoms with van der Waals surface area (Å²) in [6.45, 7) is 2.23. The number of carbonyl (C=O) groups excluding carboxylic acids is 1. The number of hydrogen-bond acceptors (Lipinski definition) is 6. The van der Waals surface area contributed by atoms with Gasteiger partial charge in [-0.3, -0.25) is 10.3 Å². The molecule has 1 aromatic carbocycles. The highest BCUT2D eigenvalue weighted by Gasteiger charge is 2.21. The molecule has 3 aromatic heterocycles. The van der Waals surface area contributed by atoms with Gasteiger partial charge in [-0.2, -0.15) is 0 Å². The Bertz CT molecular complexity index is 1250. The quantitative estimate of drug-likeness (QED) is 0.400. The van der Waals surface area contributed by atoms with E-state index in [0.29, 0.717) is 28.1 Å². The highest BCUT2D eigenvalue weighted by Crippen LogP contribution is 2.41. The minimum Gasteiger partial charge on any atom is -0.477 e. The van der Waals surface area contributed by atoms with Crippen LogP contribution in [0.5, 0.6) is 0 Å². The van der Waals surface area contributed by atoms with E-state index in [0.717, 1.165) is 22.7 Å². The molecule has 152 valence electrons. The van der Waals surface area contributed by atoms with Crippen molar-refractivity contribution in [1.82, 2.24) is 15.3 Å². The number of urea groups is 1. The van der Waals surface area contributed by atoms with Gasteiger partial charge in [-0.05, 0) is 42.1 Å². The smallest absolute Gasteiger partial charge is 0.345 e. The number of nitrogens with zero attached hydrogens (tertiary/aromatic N) is 2. The Morgan fingerprint density at radius 1 is 1.23 bits per heavy atom. The van der Waals surface area contributed by atoms with E-state index in [2.05, 4.69) is 20.6 Å². The van der Waals surface area contributed by atoms with Crippen molar-refractivity contribution in [3.8, 4) is 22.4 Å². The fraction of sp³-hybridized carbons (Fsp3) is 0.100. The van der Waals surface area contributed by atoms with Crippen LogP contribution in [0, 0.1) is 5.82 Å². The number of fused-ring (bicyclic) bond motifs is 1. The van der Waals surface area contributed by atoms with Crippen molar-refractivity contribution in [1.29, 1.82) is 0 Å². The first-order valence-corrected chi connectivity index (χ1v) is 10.6. The lowest BCUT2D eigenvalue weighted by Crippen LogP contribution is -2.28. The number of aromatic nitrogens is 2. The zero-order valence-electron chi connectivity index (χ0n) is 15.6. The Morgan fingerprint density at radius 2 is 2.07 bits per heavy atom. The van der Waals surface area contributed by atoms with Crippen LogP contribution in [0.4, 0.5) is 14.3 Å². The van der Waals surface area contributed by atoms with E-state index < -0.39 is 17.8 Å². The van der Waals surface area contributed by atoms with Crippen LogP contribution >= 0.6 is 22.7 Å². The summed E-state index contributed by atoms with van der Waals surface area (Å²) in [5, 5.41) is 16.3. The molecule has 0 bridgehead atoms. The second-order valence-electron chi connectivity index (χ2n) is 6.19. The normalized spacial score (nSPS) is 10.9. The summed E-state index contributed by atoms with van der Waals surface area (Å²) < 4.78 is 15.9. The lowest BCUT2D eigenvalue weighted by molar-refractivity contribution is 0.0702. The Kier molecular flexibility index (Phi) is 5.42. The molecular formula is C20H15FN4O3S2. The molecule has 0 aliphatic rings. The van der Waals surface area contributed by atoms with Gasteiger partial charge in [0.15, 0.2) is 10.9 Å². The number of carboxylic acid groups (broad SMARTS) is 1. The van der Waals surface area contributed by atoms with Gasteiger partial charge in [0, 0.05) is 23.9 Å². The first-order chi connectivity index (χ1) is 14.5. The molecule has 0 fully saturated rings. The molecule has 2 amide bonds. The maximum atomic E-state index is 15.4. The molecule has 10 heteroatoms. The zero-order valence-corrected chi connectivity index (χ0v) is 17.2. The van der Waals surface area contributed by atoms with E-state index in [1.54, 1.807) is 36.7 Å². The zero-order chi connectivity index (χ0) is 21.3. The number of nitrogens with one attached hydrogen (secondary N) is 2. The van der Waals surface area contributed by atoms with Gasteiger partial charge < -0.3 is 10.4 Å². The molecule has 3 heterocycles. The Labute approximate surface area is 178 Å². The number of carboxylic acids is 1. The minimum atomic E-state index is -1.07. The summed E-state index contributed by atoms with van der Waals surface area (Å²) in [5.74, 6) is -1.65. The van der Waals surface area contributed by atoms with Crippen LogP contribution in [0.1, 0.15) is 16.6 Å². The van der Waals surface area contributed by atoms with Crippen molar-refractivity contribution < 1.29 is 19.1 Å². The average Bonchev–Trinajstić information content (AvgIpc) is 3.37. The van der Waals surface area contributed by atoms with Crippen LogP contribution in [-0.2, 0) is 0 Å². The second kappa shape index (κ2) is 8.17. The molecule has 0 aliphatic heterocycles. The third-order valence-corrected chi connectivity index (χ3v) is 6.15. The molecule has 3 N–H and O–H groups in total. The lowest BCUT2D eigenvalue weighted by atomic mass is 10.0. The minimum absolute atomic E-state index is 0.0908. The molecule has 0 atom stereocenters. The van der Waals surface area contributed by atoms with Crippen LogP contribution in [0.15, 0.2) is 41.9 Å². The van der Waals surface area contributed by atoms with E-state index in [1.807, 2.05) is 6.07 Å². The van der Waals surface area contributed by atoms with Crippen molar-refractivity contribution in [3.05, 3.63) is 52.6 Å². The van der Waals surface area contributed by atoms with E-state index in [1.165, 1.54) is 6.07 Å². The summed E-state index contributed by atoms with van der Waals surface area (Å²) in [6.07, 6.45) is 1.63. The molecule has 7 nitrogen and oxygen atoms in total. The monoisotopic (exact) mass is 442 g/mol. The number of amides is 2. The summed E-state index contributed by atoms with van der Waals surface area (Å²) in [4.78, 5) is 31.9. The van der Waals surface area contributed by atoms with E-state index in [9.17, 15) is 14.7 Å². The topological polar surface area (TPSA) is 104 Å². The maximum Gasteiger partial charge on any atom is 0.345 e. The number of carbonyl (C=O) groups is 2. The molecule has 30 heavy (non-hydrogen) atoms. The summed E-state index contributed by atoms with van der Waals surface area (Å²) in [7, 11) is 0. The third-order valence-electron chi connectivity index (χ3n) is 4.22. The predicted octanol–water partition coefficient (Wildman–Crippen LogP) is 5.07. The Balaban J connectivity index is 1.91. The molecular weight excluding hydrogens is 427 g/mol. The van der Waals surface area contributed by atoms with Gasteiger partial charge in [0.1, 0.15) is 10.4 Å². The molecule has 4 aromatic rings. The van der Waals surface area contributed by atoms with Gasteiger partial charge in [-0.25, -0.2) is 19.0 Å². The van der Waals surface area contributed by atoms with Gasteiger partial charge in [0.25, 0.3) is 0 Å². The van der Waals surface area contributed by atoms with Gasteiger partial charge in [0.2, 0.25) is 0 Å². The van der Waals surface area contributed by atoms with E-state index in [-0.39, 0.29) is 21.1 Å². The molecule has 0 saturated heterocycles. The highest BCUT2D eigenvalue weighted by molar-refractivity contribution is 7.22. The fourth-order valence-corrected chi connectivity index (χ4v) is 4.64. The summed E-state index contributed by atoms with van der Waals surface area (Å²) >= 11 is 2.17. The molecule has 0 spiro atoms. The van der Waals surface area contributed by atoms with Crippen LogP contribution in [0.2, 0.25) is 0 Å². The van der Waals surface area contributed by atoms with Crippen molar-refractivity contribution in [2.75, 3.05) is 11.9 Å². The number of anilines is 1. The van der Waals surface area contributed by atoms with E-state index in [4.69, 9.17) is 0 Å². The molecule has 0 unspecified atom stereocenters. The largest absolute Gasteiger partial charge is 0.477 e. The van der Waals surface area contributed by atoms with Crippen molar-refractivity contribution in [3.63, 3.8) is 0 Å². The number of rotatable bonds is 5. The average molecular weight is 442 g/mol. The van der Waals surface area contributed by atoms with Crippen LogP contribution in [-0.4, -0.2) is 33.6 Å². The number of halogens is 1. The van der Waals surface area contributed by atoms with E-state index >= 15 is 4.39 Å². The van der Waals surface area contributed by atoms with Gasteiger partial charge in [0.05, 0.1) is 10.4 Å². The van der Waals surface area contributed by atoms with Crippen LogP contribution < -0.4 is 10.6 Å². The van der Waals surface area contributed by atoms with Crippen molar-refractivity contribution >= 4 is 50.0 Å². The van der Waals surface area contributed by atoms with Gasteiger partial charge >= 0.3 is 12.0 Å². The first-order valence-electron chi connectivity index (χ1n) is 8.89. The molecule has 0 aliphatic carbocycles. The number of thiazole rings is 1. The third kappa shape index (κ3) is 3.74. The number of thiophene rings is 1. The van der Waals surface area contributed by atoms with Gasteiger partial charge in [-0.15, -0.1) is 11.3 Å². The number of pyridine rings is 1. The Hall–Kier alpha value is -3.37. The van der Waals surface area contributed by atoms with Crippen LogP contribution in [0.25, 0.3) is 32.6 Å².